The fraction of sp³-hybridized carbons (Fsp3) is 0.333. The Morgan fingerprint density at radius 3 is 2.94 bits per heavy atom. The molecule has 1 fully saturated rings. The third-order valence-electron chi connectivity index (χ3n) is 2.75. The minimum atomic E-state index is -0.228. The molecule has 17 heavy (non-hydrogen) atoms. The third kappa shape index (κ3) is 2.13. The molecule has 0 atom stereocenters. The van der Waals surface area contributed by atoms with Crippen molar-refractivity contribution in [3.05, 3.63) is 29.6 Å². The third-order valence-corrected chi connectivity index (χ3v) is 2.75. The van der Waals surface area contributed by atoms with Gasteiger partial charge in [-0.1, -0.05) is 5.16 Å². The Hall–Kier alpha value is -1.91. The first-order valence-corrected chi connectivity index (χ1v) is 5.59. The molecular weight excluding hydrogens is 221 g/mol. The van der Waals surface area contributed by atoms with Crippen molar-refractivity contribution in [3.8, 4) is 11.4 Å². The quantitative estimate of drug-likeness (QED) is 0.885. The summed E-state index contributed by atoms with van der Waals surface area (Å²) in [7, 11) is 0. The maximum Gasteiger partial charge on any atom is 0.322 e. The summed E-state index contributed by atoms with van der Waals surface area (Å²) in [6.45, 7) is 1.71. The van der Waals surface area contributed by atoms with Gasteiger partial charge in [-0.25, -0.2) is 4.39 Å². The second-order valence-corrected chi connectivity index (χ2v) is 4.31. The molecule has 1 N–H and O–H groups in total. The molecule has 1 saturated carbocycles. The smallest absolute Gasteiger partial charge is 0.322 e. The van der Waals surface area contributed by atoms with E-state index in [9.17, 15) is 4.39 Å². The molecule has 1 aromatic heterocycles. The summed E-state index contributed by atoms with van der Waals surface area (Å²) in [5, 5.41) is 6.98. The lowest BCUT2D eigenvalue weighted by molar-refractivity contribution is 0.432. The Balaban J connectivity index is 1.86. The highest BCUT2D eigenvalue weighted by Gasteiger charge is 2.23. The van der Waals surface area contributed by atoms with E-state index in [-0.39, 0.29) is 5.82 Å². The van der Waals surface area contributed by atoms with Crippen LogP contribution in [0.1, 0.15) is 18.4 Å². The standard InChI is InChI=1S/C12H12FN3O/c1-7-6-8(2-5-10(7)13)11-15-12(17-16-11)14-9-3-4-9/h2,5-6,9H,3-4H2,1H3,(H,14,15,16). The molecule has 2 aromatic rings. The van der Waals surface area contributed by atoms with E-state index in [1.165, 1.54) is 6.07 Å². The van der Waals surface area contributed by atoms with Gasteiger partial charge in [0.1, 0.15) is 5.82 Å². The van der Waals surface area contributed by atoms with Crippen LogP contribution in [0.3, 0.4) is 0 Å². The molecule has 1 heterocycles. The van der Waals surface area contributed by atoms with Crippen LogP contribution in [0.4, 0.5) is 10.4 Å². The number of hydrogen-bond acceptors (Lipinski definition) is 4. The van der Waals surface area contributed by atoms with E-state index in [1.54, 1.807) is 19.1 Å². The van der Waals surface area contributed by atoms with Crippen LogP contribution >= 0.6 is 0 Å². The molecule has 5 heteroatoms. The van der Waals surface area contributed by atoms with Gasteiger partial charge >= 0.3 is 6.01 Å². The van der Waals surface area contributed by atoms with Gasteiger partial charge in [0.25, 0.3) is 0 Å². The van der Waals surface area contributed by atoms with E-state index in [1.807, 2.05) is 0 Å². The van der Waals surface area contributed by atoms with Gasteiger partial charge in [-0.3, -0.25) is 0 Å². The summed E-state index contributed by atoms with van der Waals surface area (Å²) in [5.41, 5.74) is 1.33. The maximum absolute atomic E-state index is 13.1. The number of benzene rings is 1. The van der Waals surface area contributed by atoms with E-state index in [4.69, 9.17) is 4.52 Å². The summed E-state index contributed by atoms with van der Waals surface area (Å²) < 4.78 is 18.2. The zero-order valence-corrected chi connectivity index (χ0v) is 9.40. The van der Waals surface area contributed by atoms with Crippen molar-refractivity contribution < 1.29 is 8.91 Å². The van der Waals surface area contributed by atoms with Crippen molar-refractivity contribution in [2.75, 3.05) is 5.32 Å². The van der Waals surface area contributed by atoms with Gasteiger partial charge in [0.15, 0.2) is 0 Å². The van der Waals surface area contributed by atoms with Crippen molar-refractivity contribution in [2.45, 2.75) is 25.8 Å². The second-order valence-electron chi connectivity index (χ2n) is 4.31. The van der Waals surface area contributed by atoms with E-state index < -0.39 is 0 Å². The average Bonchev–Trinajstić information content (AvgIpc) is 2.99. The van der Waals surface area contributed by atoms with Crippen LogP contribution in [0.15, 0.2) is 22.7 Å². The molecule has 1 aliphatic rings. The number of aromatic nitrogens is 2. The lowest BCUT2D eigenvalue weighted by atomic mass is 10.1. The fourth-order valence-corrected chi connectivity index (χ4v) is 1.59. The molecule has 88 valence electrons. The molecular formula is C12H12FN3O. The number of nitrogens with zero attached hydrogens (tertiary/aromatic N) is 2. The van der Waals surface area contributed by atoms with Crippen molar-refractivity contribution >= 4 is 6.01 Å². The summed E-state index contributed by atoms with van der Waals surface area (Å²) in [5.74, 6) is 0.254. The molecule has 0 amide bonds. The number of hydrogen-bond donors (Lipinski definition) is 1. The van der Waals surface area contributed by atoms with Gasteiger partial charge in [0.05, 0.1) is 0 Å². The molecule has 0 saturated heterocycles. The van der Waals surface area contributed by atoms with Gasteiger partial charge in [-0.15, -0.1) is 0 Å². The van der Waals surface area contributed by atoms with Crippen molar-refractivity contribution in [1.82, 2.24) is 10.1 Å². The highest BCUT2D eigenvalue weighted by atomic mass is 19.1. The second kappa shape index (κ2) is 3.84. The van der Waals surface area contributed by atoms with Crippen LogP contribution in [-0.2, 0) is 0 Å². The lowest BCUT2D eigenvalue weighted by Gasteiger charge is -1.98. The Morgan fingerprint density at radius 1 is 1.41 bits per heavy atom. The molecule has 0 radical (unpaired) electrons. The molecule has 4 nitrogen and oxygen atoms in total. The number of nitrogens with one attached hydrogen (secondary N) is 1. The van der Waals surface area contributed by atoms with E-state index in [0.29, 0.717) is 23.4 Å². The fourth-order valence-electron chi connectivity index (χ4n) is 1.59. The van der Waals surface area contributed by atoms with Gasteiger partial charge < -0.3 is 9.84 Å². The average molecular weight is 233 g/mol. The van der Waals surface area contributed by atoms with Crippen LogP contribution in [0.2, 0.25) is 0 Å². The number of anilines is 1. The normalized spacial score (nSPS) is 14.9. The highest BCUT2D eigenvalue weighted by molar-refractivity contribution is 5.56. The van der Waals surface area contributed by atoms with Crippen LogP contribution in [0, 0.1) is 12.7 Å². The summed E-state index contributed by atoms with van der Waals surface area (Å²) in [6.07, 6.45) is 2.29. The first kappa shape index (κ1) is 10.3. The zero-order chi connectivity index (χ0) is 11.8. The van der Waals surface area contributed by atoms with Gasteiger partial charge in [-0.05, 0) is 43.5 Å². The Morgan fingerprint density at radius 2 is 2.24 bits per heavy atom. The number of aryl methyl sites for hydroxylation is 1. The summed E-state index contributed by atoms with van der Waals surface area (Å²) >= 11 is 0. The zero-order valence-electron chi connectivity index (χ0n) is 9.40. The van der Waals surface area contributed by atoms with Crippen LogP contribution in [-0.4, -0.2) is 16.2 Å². The molecule has 0 aliphatic heterocycles. The summed E-state index contributed by atoms with van der Waals surface area (Å²) in [4.78, 5) is 4.22. The van der Waals surface area contributed by atoms with Crippen molar-refractivity contribution in [2.24, 2.45) is 0 Å². The van der Waals surface area contributed by atoms with Gasteiger partial charge in [-0.2, -0.15) is 4.98 Å². The number of halogens is 1. The molecule has 1 aliphatic carbocycles. The topological polar surface area (TPSA) is 51.0 Å². The van der Waals surface area contributed by atoms with E-state index in [2.05, 4.69) is 15.5 Å². The SMILES string of the molecule is Cc1cc(-c2noc(NC3CC3)n2)ccc1F. The maximum atomic E-state index is 13.1. The van der Waals surface area contributed by atoms with E-state index in [0.717, 1.165) is 18.4 Å². The first-order valence-electron chi connectivity index (χ1n) is 5.59. The Bertz CT molecular complexity index is 548. The van der Waals surface area contributed by atoms with Gasteiger partial charge in [0.2, 0.25) is 5.82 Å². The van der Waals surface area contributed by atoms with Crippen LogP contribution < -0.4 is 5.32 Å². The van der Waals surface area contributed by atoms with E-state index >= 15 is 0 Å². The Kier molecular flexibility index (Phi) is 2.31. The monoisotopic (exact) mass is 233 g/mol. The van der Waals surface area contributed by atoms with Gasteiger partial charge in [0, 0.05) is 11.6 Å². The van der Waals surface area contributed by atoms with Crippen molar-refractivity contribution in [3.63, 3.8) is 0 Å². The molecule has 3 rings (SSSR count). The highest BCUT2D eigenvalue weighted by Crippen LogP contribution is 2.25. The van der Waals surface area contributed by atoms with Crippen LogP contribution in [0.5, 0.6) is 0 Å². The molecule has 0 bridgehead atoms. The van der Waals surface area contributed by atoms with Crippen LogP contribution in [0.25, 0.3) is 11.4 Å². The first-order chi connectivity index (χ1) is 8.22. The molecule has 0 spiro atoms. The largest absolute Gasteiger partial charge is 0.335 e. The minimum Gasteiger partial charge on any atom is -0.335 e. The molecule has 0 unspecified atom stereocenters. The predicted octanol–water partition coefficient (Wildman–Crippen LogP) is 2.76. The Labute approximate surface area is 97.8 Å². The lowest BCUT2D eigenvalue weighted by Crippen LogP contribution is -2.00. The minimum absolute atomic E-state index is 0.228. The van der Waals surface area contributed by atoms with Crippen molar-refractivity contribution in [1.29, 1.82) is 0 Å². The predicted molar refractivity (Wildman–Crippen MR) is 61.1 cm³/mol. The number of rotatable bonds is 3. The molecule has 1 aromatic carbocycles. The summed E-state index contributed by atoms with van der Waals surface area (Å²) in [6, 6.07) is 5.67.